The van der Waals surface area contributed by atoms with Crippen LogP contribution in [0.5, 0.6) is 5.75 Å². The Bertz CT molecular complexity index is 1190. The summed E-state index contributed by atoms with van der Waals surface area (Å²) >= 11 is 1.42. The molecule has 0 aliphatic carbocycles. The van der Waals surface area contributed by atoms with E-state index >= 15 is 0 Å². The molecule has 0 saturated carbocycles. The number of nitrogens with one attached hydrogen (secondary N) is 2. The van der Waals surface area contributed by atoms with E-state index in [9.17, 15) is 9.59 Å². The Hall–Kier alpha value is -3.91. The third-order valence-corrected chi connectivity index (χ3v) is 5.06. The molecule has 4 aromatic rings. The highest BCUT2D eigenvalue weighted by Gasteiger charge is 2.13. The van der Waals surface area contributed by atoms with Crippen LogP contribution in [0.1, 0.15) is 0 Å². The molecule has 0 spiro atoms. The Morgan fingerprint density at radius 3 is 2.48 bits per heavy atom. The molecule has 29 heavy (non-hydrogen) atoms. The third-order valence-electron chi connectivity index (χ3n) is 4.01. The highest BCUT2D eigenvalue weighted by atomic mass is 32.1. The second-order valence-corrected chi connectivity index (χ2v) is 7.09. The van der Waals surface area contributed by atoms with Crippen LogP contribution < -0.4 is 21.1 Å². The maximum absolute atomic E-state index is 12.1. The number of rotatable bonds is 4. The standard InChI is InChI=1S/C21H16N4O3S/c22-20(26)25-16-9-5-4-8-15(16)19-24-17-11-10-14(12-18(17)29-19)28-21(27)23-13-6-2-1-3-7-13/h1-12H,(H,23,27)(H3,22,25,26). The highest BCUT2D eigenvalue weighted by Crippen LogP contribution is 2.35. The molecule has 1 heterocycles. The molecule has 4 N–H and O–H groups in total. The summed E-state index contributed by atoms with van der Waals surface area (Å²) in [6.07, 6.45) is -0.573. The van der Waals surface area contributed by atoms with Gasteiger partial charge in [0, 0.05) is 17.3 Å². The first-order valence-corrected chi connectivity index (χ1v) is 9.50. The molecule has 4 rings (SSSR count). The molecule has 0 radical (unpaired) electrons. The second kappa shape index (κ2) is 7.99. The van der Waals surface area contributed by atoms with Crippen molar-refractivity contribution in [2.75, 3.05) is 10.6 Å². The van der Waals surface area contributed by atoms with Gasteiger partial charge in [0.1, 0.15) is 10.8 Å². The average Bonchev–Trinajstić information content (AvgIpc) is 3.12. The van der Waals surface area contributed by atoms with Gasteiger partial charge >= 0.3 is 12.1 Å². The fraction of sp³-hybridized carbons (Fsp3) is 0. The normalized spacial score (nSPS) is 10.5. The number of anilines is 2. The molecule has 0 saturated heterocycles. The fourth-order valence-corrected chi connectivity index (χ4v) is 3.80. The molecule has 144 valence electrons. The van der Waals surface area contributed by atoms with Crippen molar-refractivity contribution in [3.8, 4) is 16.3 Å². The van der Waals surface area contributed by atoms with E-state index in [1.165, 1.54) is 11.3 Å². The van der Waals surface area contributed by atoms with Crippen LogP contribution in [-0.2, 0) is 0 Å². The van der Waals surface area contributed by atoms with Crippen LogP contribution in [0, 0.1) is 0 Å². The lowest BCUT2D eigenvalue weighted by Crippen LogP contribution is -2.19. The van der Waals surface area contributed by atoms with Gasteiger partial charge in [-0.25, -0.2) is 14.6 Å². The quantitative estimate of drug-likeness (QED) is 0.442. The minimum absolute atomic E-state index is 0.407. The number of nitrogens with two attached hydrogens (primary N) is 1. The molecule has 8 heteroatoms. The van der Waals surface area contributed by atoms with Crippen LogP contribution in [0.15, 0.2) is 72.8 Å². The summed E-state index contributed by atoms with van der Waals surface area (Å²) in [7, 11) is 0. The summed E-state index contributed by atoms with van der Waals surface area (Å²) in [5.41, 5.74) is 8.00. The van der Waals surface area contributed by atoms with E-state index in [0.717, 1.165) is 20.8 Å². The molecule has 0 fully saturated rings. The SMILES string of the molecule is NC(=O)Nc1ccccc1-c1nc2ccc(OC(=O)Nc3ccccc3)cc2s1. The van der Waals surface area contributed by atoms with Gasteiger partial charge < -0.3 is 15.8 Å². The number of amides is 3. The van der Waals surface area contributed by atoms with Crippen molar-refractivity contribution in [1.82, 2.24) is 4.98 Å². The van der Waals surface area contributed by atoms with Crippen LogP contribution in [0.25, 0.3) is 20.8 Å². The van der Waals surface area contributed by atoms with E-state index < -0.39 is 12.1 Å². The van der Waals surface area contributed by atoms with Crippen molar-refractivity contribution in [3.63, 3.8) is 0 Å². The largest absolute Gasteiger partial charge is 0.417 e. The molecule has 0 unspecified atom stereocenters. The van der Waals surface area contributed by atoms with E-state index in [1.807, 2.05) is 30.3 Å². The minimum atomic E-state index is -0.640. The number of hydrogen-bond donors (Lipinski definition) is 3. The number of aromatic nitrogens is 1. The number of nitrogens with zero attached hydrogens (tertiary/aromatic N) is 1. The lowest BCUT2D eigenvalue weighted by molar-refractivity contribution is 0.215. The molecule has 3 amide bonds. The number of carbonyl (C=O) groups is 2. The average molecular weight is 404 g/mol. The Morgan fingerprint density at radius 1 is 0.931 bits per heavy atom. The predicted molar refractivity (Wildman–Crippen MR) is 114 cm³/mol. The van der Waals surface area contributed by atoms with Gasteiger partial charge in [-0.15, -0.1) is 11.3 Å². The first kappa shape index (κ1) is 18.5. The predicted octanol–water partition coefficient (Wildman–Crippen LogP) is 5.06. The fourth-order valence-electron chi connectivity index (χ4n) is 2.77. The van der Waals surface area contributed by atoms with Crippen molar-refractivity contribution >= 4 is 45.1 Å². The van der Waals surface area contributed by atoms with Crippen LogP contribution in [-0.4, -0.2) is 17.1 Å². The van der Waals surface area contributed by atoms with Crippen molar-refractivity contribution in [3.05, 3.63) is 72.8 Å². The van der Waals surface area contributed by atoms with Crippen LogP contribution in [0.2, 0.25) is 0 Å². The van der Waals surface area contributed by atoms with Gasteiger partial charge in [-0.05, 0) is 36.4 Å². The van der Waals surface area contributed by atoms with Crippen molar-refractivity contribution in [1.29, 1.82) is 0 Å². The van der Waals surface area contributed by atoms with E-state index in [2.05, 4.69) is 15.6 Å². The summed E-state index contributed by atoms with van der Waals surface area (Å²) in [5.74, 6) is 0.407. The number of carbonyl (C=O) groups excluding carboxylic acids is 2. The molecule has 0 bridgehead atoms. The van der Waals surface area contributed by atoms with E-state index in [0.29, 0.717) is 17.1 Å². The number of fused-ring (bicyclic) bond motifs is 1. The maximum atomic E-state index is 12.1. The Labute approximate surface area is 170 Å². The number of hydrogen-bond acceptors (Lipinski definition) is 5. The van der Waals surface area contributed by atoms with Gasteiger partial charge in [0.25, 0.3) is 0 Å². The third kappa shape index (κ3) is 4.33. The summed E-state index contributed by atoms with van der Waals surface area (Å²) in [6.45, 7) is 0. The van der Waals surface area contributed by atoms with Gasteiger partial charge in [-0.3, -0.25) is 5.32 Å². The maximum Gasteiger partial charge on any atom is 0.417 e. The lowest BCUT2D eigenvalue weighted by Gasteiger charge is -2.06. The minimum Gasteiger partial charge on any atom is -0.410 e. The van der Waals surface area contributed by atoms with Gasteiger partial charge in [-0.2, -0.15) is 0 Å². The van der Waals surface area contributed by atoms with Crippen molar-refractivity contribution in [2.24, 2.45) is 5.73 Å². The van der Waals surface area contributed by atoms with Crippen molar-refractivity contribution < 1.29 is 14.3 Å². The second-order valence-electron chi connectivity index (χ2n) is 6.06. The topological polar surface area (TPSA) is 106 Å². The smallest absolute Gasteiger partial charge is 0.410 e. The molecule has 3 aromatic carbocycles. The first-order valence-electron chi connectivity index (χ1n) is 8.69. The zero-order valence-corrected chi connectivity index (χ0v) is 15.9. The molecule has 1 aromatic heterocycles. The van der Waals surface area contributed by atoms with E-state index in [-0.39, 0.29) is 0 Å². The molecule has 0 atom stereocenters. The Balaban J connectivity index is 1.57. The number of urea groups is 1. The lowest BCUT2D eigenvalue weighted by atomic mass is 10.2. The number of thiazole rings is 1. The van der Waals surface area contributed by atoms with Crippen LogP contribution >= 0.6 is 11.3 Å². The van der Waals surface area contributed by atoms with Crippen LogP contribution in [0.3, 0.4) is 0 Å². The highest BCUT2D eigenvalue weighted by molar-refractivity contribution is 7.21. The number of para-hydroxylation sites is 2. The molecule has 7 nitrogen and oxygen atoms in total. The molecular weight excluding hydrogens is 388 g/mol. The van der Waals surface area contributed by atoms with Gasteiger partial charge in [0.2, 0.25) is 0 Å². The van der Waals surface area contributed by atoms with Gasteiger partial charge in [0.15, 0.2) is 0 Å². The Morgan fingerprint density at radius 2 is 1.69 bits per heavy atom. The number of benzene rings is 3. The van der Waals surface area contributed by atoms with Crippen LogP contribution in [0.4, 0.5) is 21.0 Å². The summed E-state index contributed by atoms with van der Waals surface area (Å²) in [5, 5.41) is 5.99. The monoisotopic (exact) mass is 404 g/mol. The number of ether oxygens (including phenoxy) is 1. The first-order chi connectivity index (χ1) is 14.1. The molecule has 0 aliphatic heterocycles. The van der Waals surface area contributed by atoms with E-state index in [4.69, 9.17) is 10.5 Å². The van der Waals surface area contributed by atoms with Gasteiger partial charge in [-0.1, -0.05) is 30.3 Å². The summed E-state index contributed by atoms with van der Waals surface area (Å²) in [4.78, 5) is 27.9. The number of primary amides is 1. The zero-order chi connectivity index (χ0) is 20.2. The summed E-state index contributed by atoms with van der Waals surface area (Å²) in [6, 6.07) is 20.9. The molecular formula is C21H16N4O3S. The van der Waals surface area contributed by atoms with Crippen molar-refractivity contribution in [2.45, 2.75) is 0 Å². The van der Waals surface area contributed by atoms with E-state index in [1.54, 1.807) is 42.5 Å². The van der Waals surface area contributed by atoms with Gasteiger partial charge in [0.05, 0.1) is 15.9 Å². The summed E-state index contributed by atoms with van der Waals surface area (Å²) < 4.78 is 6.22. The molecule has 0 aliphatic rings. The Kier molecular flexibility index (Phi) is 5.08. The zero-order valence-electron chi connectivity index (χ0n) is 15.1.